The lowest BCUT2D eigenvalue weighted by atomic mass is 9.95. The van der Waals surface area contributed by atoms with E-state index in [4.69, 9.17) is 35.0 Å². The molecule has 0 aromatic heterocycles. The highest BCUT2D eigenvalue weighted by atomic mass is 32.3. The van der Waals surface area contributed by atoms with Crippen molar-refractivity contribution in [2.75, 3.05) is 0 Å². The molecule has 0 amide bonds. The van der Waals surface area contributed by atoms with Crippen LogP contribution < -0.4 is 0 Å². The molecule has 0 aliphatic heterocycles. The molecule has 0 heterocycles. The first kappa shape index (κ1) is 24.4. The second-order valence-electron chi connectivity index (χ2n) is 6.27. The van der Waals surface area contributed by atoms with Crippen molar-refractivity contribution in [3.63, 3.8) is 0 Å². The van der Waals surface area contributed by atoms with Gasteiger partial charge in [0.2, 0.25) is 0 Å². The van der Waals surface area contributed by atoms with Crippen LogP contribution in [0.1, 0.15) is 11.1 Å². The van der Waals surface area contributed by atoms with Crippen molar-refractivity contribution in [3.8, 4) is 0 Å². The molecule has 0 saturated heterocycles. The first-order valence-electron chi connectivity index (χ1n) is 8.68. The summed E-state index contributed by atoms with van der Waals surface area (Å²) in [5.41, 5.74) is 2.79. The van der Waals surface area contributed by atoms with Crippen LogP contribution in [-0.4, -0.2) is 35.0 Å². The highest BCUT2D eigenvalue weighted by molar-refractivity contribution is 7.79. The smallest absolute Gasteiger partial charge is 0.0311 e. The van der Waals surface area contributed by atoms with Gasteiger partial charge in [-0.25, -0.2) is 0 Å². The van der Waals surface area contributed by atoms with Gasteiger partial charge >= 0.3 is 0 Å². The lowest BCUT2D eigenvalue weighted by Crippen LogP contribution is -1.91. The molecule has 0 spiro atoms. The van der Waals surface area contributed by atoms with Gasteiger partial charge in [0.25, 0.3) is 0 Å². The van der Waals surface area contributed by atoms with Crippen molar-refractivity contribution in [2.24, 2.45) is 0 Å². The largest absolute Gasteiger partial charge is 0.759 e. The van der Waals surface area contributed by atoms with Crippen molar-refractivity contribution in [1.29, 1.82) is 0 Å². The predicted octanol–water partition coefficient (Wildman–Crippen LogP) is 2.91. The lowest BCUT2D eigenvalue weighted by molar-refractivity contribution is 0.350. The van der Waals surface area contributed by atoms with E-state index in [0.717, 1.165) is 6.42 Å². The van der Waals surface area contributed by atoms with Crippen LogP contribution in [0.25, 0.3) is 21.5 Å². The summed E-state index contributed by atoms with van der Waals surface area (Å²) in [7, 11) is -10.3. The van der Waals surface area contributed by atoms with Crippen LogP contribution in [0.5, 0.6) is 0 Å². The van der Waals surface area contributed by atoms with E-state index in [0.29, 0.717) is 0 Å². The molecule has 4 aromatic rings. The van der Waals surface area contributed by atoms with Crippen LogP contribution in [-0.2, 0) is 27.2 Å². The summed E-state index contributed by atoms with van der Waals surface area (Å²) in [6, 6.07) is 30.4. The van der Waals surface area contributed by atoms with E-state index in [1.165, 1.54) is 32.7 Å². The second-order valence-corrected chi connectivity index (χ2v) is 7.90. The standard InChI is InChI=1S/C21H16.2H2O4S/c1-3-13-20-16(7-1)9-5-11-18(20)15-19-12-6-10-17-8-2-4-14-21(17)19;2*1-5(2,3)4/h1-14H,15H2;2*(H2,1,2,3,4)/p-4. The zero-order valence-corrected chi connectivity index (χ0v) is 17.5. The molecular formula is C21H16O8S2-4. The number of hydrogen-bond donors (Lipinski definition) is 0. The van der Waals surface area contributed by atoms with Crippen LogP contribution >= 0.6 is 0 Å². The maximum atomic E-state index is 8.52. The van der Waals surface area contributed by atoms with Crippen molar-refractivity contribution < 1.29 is 35.0 Å². The molecular weight excluding hydrogens is 444 g/mol. The maximum Gasteiger partial charge on any atom is 0.0311 e. The highest BCUT2D eigenvalue weighted by Gasteiger charge is 2.04. The summed E-state index contributed by atoms with van der Waals surface area (Å²) in [5, 5.41) is 5.34. The minimum Gasteiger partial charge on any atom is -0.759 e. The van der Waals surface area contributed by atoms with Crippen molar-refractivity contribution >= 4 is 42.3 Å². The maximum absolute atomic E-state index is 8.52. The van der Waals surface area contributed by atoms with Crippen LogP contribution in [0.2, 0.25) is 0 Å². The summed E-state index contributed by atoms with van der Waals surface area (Å²) in [6.07, 6.45) is 0.975. The minimum atomic E-state index is -5.17. The van der Waals surface area contributed by atoms with Crippen LogP contribution in [0.3, 0.4) is 0 Å². The Morgan fingerprint density at radius 2 is 0.774 bits per heavy atom. The van der Waals surface area contributed by atoms with Gasteiger partial charge in [-0.05, 0) is 39.1 Å². The SMILES string of the molecule is O=S(=O)([O-])[O-].O=S(=O)([O-])[O-].c1ccc2c(Cc3cccc4ccccc34)cccc2c1. The molecule has 0 N–H and O–H groups in total. The summed E-state index contributed by atoms with van der Waals surface area (Å²) in [6.45, 7) is 0. The average molecular weight is 460 g/mol. The fourth-order valence-corrected chi connectivity index (χ4v) is 3.10. The van der Waals surface area contributed by atoms with Crippen LogP contribution in [0, 0.1) is 0 Å². The Morgan fingerprint density at radius 1 is 0.484 bits per heavy atom. The van der Waals surface area contributed by atoms with Gasteiger partial charge in [0.15, 0.2) is 0 Å². The van der Waals surface area contributed by atoms with E-state index < -0.39 is 20.8 Å². The van der Waals surface area contributed by atoms with Gasteiger partial charge in [-0.3, -0.25) is 16.8 Å². The molecule has 0 radical (unpaired) electrons. The van der Waals surface area contributed by atoms with Crippen LogP contribution in [0.4, 0.5) is 0 Å². The molecule has 4 rings (SSSR count). The molecule has 0 aliphatic carbocycles. The molecule has 0 atom stereocenters. The third-order valence-corrected chi connectivity index (χ3v) is 4.14. The Labute approximate surface area is 179 Å². The molecule has 0 saturated carbocycles. The Balaban J connectivity index is 0.000000289. The van der Waals surface area contributed by atoms with Gasteiger partial charge in [-0.1, -0.05) is 84.9 Å². The molecule has 4 aromatic carbocycles. The van der Waals surface area contributed by atoms with Gasteiger partial charge in [-0.2, -0.15) is 0 Å². The van der Waals surface area contributed by atoms with Crippen molar-refractivity contribution in [1.82, 2.24) is 0 Å². The van der Waals surface area contributed by atoms with Crippen LogP contribution in [0.15, 0.2) is 84.9 Å². The molecule has 0 fully saturated rings. The molecule has 8 nitrogen and oxygen atoms in total. The molecule has 164 valence electrons. The number of fused-ring (bicyclic) bond motifs is 2. The Bertz CT molecular complexity index is 1250. The first-order valence-corrected chi connectivity index (χ1v) is 11.3. The van der Waals surface area contributed by atoms with Gasteiger partial charge in [-0.15, -0.1) is 0 Å². The summed E-state index contributed by atoms with van der Waals surface area (Å²) < 4.78 is 68.2. The monoisotopic (exact) mass is 460 g/mol. The number of benzene rings is 4. The molecule has 0 bridgehead atoms. The van der Waals surface area contributed by atoms with Crippen molar-refractivity contribution in [2.45, 2.75) is 6.42 Å². The van der Waals surface area contributed by atoms with Gasteiger partial charge in [0.05, 0.1) is 0 Å². The van der Waals surface area contributed by atoms with Crippen molar-refractivity contribution in [3.05, 3.63) is 96.1 Å². The average Bonchev–Trinajstić information content (AvgIpc) is 2.66. The summed E-state index contributed by atoms with van der Waals surface area (Å²) >= 11 is 0. The molecule has 0 unspecified atom stereocenters. The number of hydrogen-bond acceptors (Lipinski definition) is 8. The molecule has 0 aliphatic rings. The van der Waals surface area contributed by atoms with E-state index in [2.05, 4.69) is 84.9 Å². The van der Waals surface area contributed by atoms with Gasteiger partial charge in [0, 0.05) is 20.8 Å². The summed E-state index contributed by atoms with van der Waals surface area (Å²) in [5.74, 6) is 0. The van der Waals surface area contributed by atoms with E-state index in [1.807, 2.05) is 0 Å². The molecule has 10 heteroatoms. The summed E-state index contributed by atoms with van der Waals surface area (Å²) in [4.78, 5) is 0. The lowest BCUT2D eigenvalue weighted by Gasteiger charge is -2.09. The second kappa shape index (κ2) is 10.4. The Hall–Kier alpha value is -2.86. The van der Waals surface area contributed by atoms with E-state index >= 15 is 0 Å². The third-order valence-electron chi connectivity index (χ3n) is 4.14. The van der Waals surface area contributed by atoms with Gasteiger partial charge in [0.1, 0.15) is 0 Å². The Kier molecular flexibility index (Phi) is 8.22. The molecule has 31 heavy (non-hydrogen) atoms. The first-order chi connectivity index (χ1) is 14.4. The topological polar surface area (TPSA) is 161 Å². The van der Waals surface area contributed by atoms with E-state index in [-0.39, 0.29) is 0 Å². The third kappa shape index (κ3) is 9.22. The van der Waals surface area contributed by atoms with E-state index in [9.17, 15) is 0 Å². The van der Waals surface area contributed by atoms with Gasteiger partial charge < -0.3 is 18.2 Å². The fourth-order valence-electron chi connectivity index (χ4n) is 3.10. The van der Waals surface area contributed by atoms with E-state index in [1.54, 1.807) is 0 Å². The Morgan fingerprint density at radius 3 is 1.13 bits per heavy atom. The normalized spacial score (nSPS) is 11.2. The number of rotatable bonds is 2. The quantitative estimate of drug-likeness (QED) is 0.326. The zero-order chi connectivity index (χ0) is 23.1. The fraction of sp³-hybridized carbons (Fsp3) is 0.0476. The zero-order valence-electron chi connectivity index (χ0n) is 15.9. The minimum absolute atomic E-state index is 0.975. The predicted molar refractivity (Wildman–Crippen MR) is 112 cm³/mol. The highest BCUT2D eigenvalue weighted by Crippen LogP contribution is 2.25.